The van der Waals surface area contributed by atoms with E-state index in [1.807, 2.05) is 30.3 Å². The van der Waals surface area contributed by atoms with E-state index in [0.717, 1.165) is 35.2 Å². The fourth-order valence-electron chi connectivity index (χ4n) is 4.23. The Bertz CT molecular complexity index is 1150. The summed E-state index contributed by atoms with van der Waals surface area (Å²) in [5.74, 6) is 1.93. The highest BCUT2D eigenvalue weighted by Gasteiger charge is 2.26. The van der Waals surface area contributed by atoms with Crippen molar-refractivity contribution in [2.24, 2.45) is 5.92 Å². The van der Waals surface area contributed by atoms with Gasteiger partial charge in [-0.25, -0.2) is 0 Å². The number of aromatic amines is 2. The number of rotatable bonds is 7. The van der Waals surface area contributed by atoms with Crippen molar-refractivity contribution in [3.05, 3.63) is 74.4 Å². The molecule has 0 radical (unpaired) electrons. The van der Waals surface area contributed by atoms with Gasteiger partial charge in [-0.15, -0.1) is 10.2 Å². The molecule has 2 aromatic heterocycles. The number of tetrazole rings is 1. The predicted molar refractivity (Wildman–Crippen MR) is 118 cm³/mol. The summed E-state index contributed by atoms with van der Waals surface area (Å²) in [6.45, 7) is 0.177. The Kier molecular flexibility index (Phi) is 5.59. The van der Waals surface area contributed by atoms with Crippen LogP contribution in [0.5, 0.6) is 5.75 Å². The van der Waals surface area contributed by atoms with Gasteiger partial charge in [-0.2, -0.15) is 5.21 Å². The second-order valence-electron chi connectivity index (χ2n) is 8.32. The molecule has 160 valence electrons. The largest absolute Gasteiger partial charge is 0.484 e. The third kappa shape index (κ3) is 4.56. The van der Waals surface area contributed by atoms with Gasteiger partial charge in [-0.1, -0.05) is 47.9 Å². The summed E-state index contributed by atoms with van der Waals surface area (Å²) >= 11 is 6.54. The van der Waals surface area contributed by atoms with Gasteiger partial charge in [0.1, 0.15) is 5.75 Å². The fourth-order valence-corrected chi connectivity index (χ4v) is 4.47. The van der Waals surface area contributed by atoms with Crippen molar-refractivity contribution >= 4 is 17.2 Å². The molecule has 2 N–H and O–H groups in total. The first-order valence-electron chi connectivity index (χ1n) is 10.8. The summed E-state index contributed by atoms with van der Waals surface area (Å²) < 4.78 is 5.73. The number of nitrogens with zero attached hydrogens (tertiary/aromatic N) is 3. The van der Waals surface area contributed by atoms with Crippen LogP contribution in [0, 0.1) is 5.92 Å². The third-order valence-corrected chi connectivity index (χ3v) is 6.33. The van der Waals surface area contributed by atoms with E-state index in [2.05, 4.69) is 31.7 Å². The molecule has 7 nitrogen and oxygen atoms in total. The van der Waals surface area contributed by atoms with Crippen molar-refractivity contribution in [3.63, 3.8) is 0 Å². The average Bonchev–Trinajstić information content (AvgIpc) is 3.23. The Balaban J connectivity index is 1.45. The molecule has 0 bridgehead atoms. The molecule has 0 atom stereocenters. The van der Waals surface area contributed by atoms with Crippen molar-refractivity contribution < 1.29 is 4.74 Å². The lowest BCUT2D eigenvalue weighted by atomic mass is 9.95. The van der Waals surface area contributed by atoms with E-state index in [0.29, 0.717) is 28.4 Å². The maximum atomic E-state index is 12.7. The van der Waals surface area contributed by atoms with Crippen molar-refractivity contribution in [2.75, 3.05) is 0 Å². The molecule has 0 saturated heterocycles. The number of aromatic nitrogens is 5. The first-order valence-corrected chi connectivity index (χ1v) is 11.2. The molecule has 31 heavy (non-hydrogen) atoms. The van der Waals surface area contributed by atoms with E-state index >= 15 is 0 Å². The van der Waals surface area contributed by atoms with Crippen LogP contribution in [0.3, 0.4) is 0 Å². The molecule has 2 aliphatic carbocycles. The lowest BCUT2D eigenvalue weighted by Gasteiger charge is -2.14. The van der Waals surface area contributed by atoms with Crippen LogP contribution in [-0.4, -0.2) is 25.6 Å². The van der Waals surface area contributed by atoms with E-state index in [1.54, 1.807) is 0 Å². The van der Waals surface area contributed by atoms with E-state index in [9.17, 15) is 4.79 Å². The number of halogens is 1. The van der Waals surface area contributed by atoms with Gasteiger partial charge in [0.15, 0.2) is 6.61 Å². The number of benzene rings is 1. The molecular formula is C23H24ClN5O2. The van der Waals surface area contributed by atoms with Gasteiger partial charge in [0.25, 0.3) is 5.56 Å². The molecule has 5 rings (SSSR count). The van der Waals surface area contributed by atoms with Crippen LogP contribution in [-0.2, 0) is 6.61 Å². The standard InChI is InChI=1S/C23H24ClN5O2/c24-19-12-16(7-10-21(19)31-13-22-26-28-29-27-22)18(11-14-3-1-2-4-14)20-9-8-17(15-5-6-15)23(30)25-20/h7-12,14-15H,1-6,13H2,(H,25,30)(H,26,27,28,29)/b18-11+. The van der Waals surface area contributed by atoms with E-state index in [4.69, 9.17) is 16.3 Å². The number of hydrogen-bond acceptors (Lipinski definition) is 5. The SMILES string of the molecule is O=c1[nH]c(/C(=C/C2CCCC2)c2ccc(OCc3nn[nH]n3)c(Cl)c2)ccc1C1CC1. The minimum absolute atomic E-state index is 0.0171. The zero-order valence-electron chi connectivity index (χ0n) is 17.1. The van der Waals surface area contributed by atoms with Gasteiger partial charge in [-0.05, 0) is 61.3 Å². The van der Waals surface area contributed by atoms with Crippen LogP contribution in [0.2, 0.25) is 5.02 Å². The van der Waals surface area contributed by atoms with Gasteiger partial charge in [0.2, 0.25) is 5.82 Å². The lowest BCUT2D eigenvalue weighted by Crippen LogP contribution is -2.13. The Morgan fingerprint density at radius 3 is 2.68 bits per heavy atom. The van der Waals surface area contributed by atoms with Crippen LogP contribution < -0.4 is 10.3 Å². The van der Waals surface area contributed by atoms with Crippen molar-refractivity contribution in [1.29, 1.82) is 0 Å². The fraction of sp³-hybridized carbons (Fsp3) is 0.391. The number of H-pyrrole nitrogens is 2. The summed E-state index contributed by atoms with van der Waals surface area (Å²) in [6, 6.07) is 9.73. The second kappa shape index (κ2) is 8.67. The molecule has 0 unspecified atom stereocenters. The second-order valence-corrected chi connectivity index (χ2v) is 8.72. The maximum Gasteiger partial charge on any atom is 0.251 e. The van der Waals surface area contributed by atoms with Crippen LogP contribution in [0.4, 0.5) is 0 Å². The number of ether oxygens (including phenoxy) is 1. The minimum atomic E-state index is 0.0171. The van der Waals surface area contributed by atoms with Crippen LogP contribution in [0.15, 0.2) is 41.2 Å². The molecular weight excluding hydrogens is 414 g/mol. The number of nitrogens with one attached hydrogen (secondary N) is 2. The highest BCUT2D eigenvalue weighted by atomic mass is 35.5. The molecule has 8 heteroatoms. The summed E-state index contributed by atoms with van der Waals surface area (Å²) in [5, 5.41) is 14.2. The highest BCUT2D eigenvalue weighted by molar-refractivity contribution is 6.32. The molecule has 2 aliphatic rings. The predicted octanol–water partition coefficient (Wildman–Crippen LogP) is 4.62. The van der Waals surface area contributed by atoms with Crippen molar-refractivity contribution in [3.8, 4) is 5.75 Å². The molecule has 1 aromatic carbocycles. The van der Waals surface area contributed by atoms with Crippen molar-refractivity contribution in [1.82, 2.24) is 25.6 Å². The smallest absolute Gasteiger partial charge is 0.251 e. The Labute approximate surface area is 184 Å². The van der Waals surface area contributed by atoms with E-state index < -0.39 is 0 Å². The number of hydrogen-bond donors (Lipinski definition) is 2. The summed E-state index contributed by atoms with van der Waals surface area (Å²) in [7, 11) is 0. The Hall–Kier alpha value is -2.93. The van der Waals surface area contributed by atoms with Gasteiger partial charge in [0, 0.05) is 16.8 Å². The van der Waals surface area contributed by atoms with Gasteiger partial charge >= 0.3 is 0 Å². The average molecular weight is 438 g/mol. The molecule has 0 aliphatic heterocycles. The zero-order valence-corrected chi connectivity index (χ0v) is 17.9. The Morgan fingerprint density at radius 2 is 2.00 bits per heavy atom. The van der Waals surface area contributed by atoms with Gasteiger partial charge < -0.3 is 9.72 Å². The van der Waals surface area contributed by atoms with E-state index in [1.165, 1.54) is 25.7 Å². The number of allylic oxidation sites excluding steroid dienone is 1. The topological polar surface area (TPSA) is 96.5 Å². The molecule has 2 fully saturated rings. The molecule has 0 spiro atoms. The Morgan fingerprint density at radius 1 is 1.16 bits per heavy atom. The van der Waals surface area contributed by atoms with Crippen molar-refractivity contribution in [2.45, 2.75) is 51.0 Å². The van der Waals surface area contributed by atoms with Gasteiger partial charge in [0.05, 0.1) is 5.02 Å². The van der Waals surface area contributed by atoms with Gasteiger partial charge in [-0.3, -0.25) is 4.79 Å². The zero-order chi connectivity index (χ0) is 21.2. The summed E-state index contributed by atoms with van der Waals surface area (Å²) in [4.78, 5) is 15.8. The molecule has 2 saturated carbocycles. The molecule has 3 aromatic rings. The quantitative estimate of drug-likeness (QED) is 0.562. The van der Waals surface area contributed by atoms with E-state index in [-0.39, 0.29) is 12.2 Å². The molecule has 2 heterocycles. The van der Waals surface area contributed by atoms with Crippen LogP contribution >= 0.6 is 11.6 Å². The summed E-state index contributed by atoms with van der Waals surface area (Å²) in [5.41, 5.74) is 3.71. The van der Waals surface area contributed by atoms with Crippen LogP contribution in [0.25, 0.3) is 5.57 Å². The summed E-state index contributed by atoms with van der Waals surface area (Å²) in [6.07, 6.45) is 9.34. The highest BCUT2D eigenvalue weighted by Crippen LogP contribution is 2.39. The first kappa shape index (κ1) is 20.0. The maximum absolute atomic E-state index is 12.7. The minimum Gasteiger partial charge on any atom is -0.484 e. The number of pyridine rings is 1. The third-order valence-electron chi connectivity index (χ3n) is 6.04. The molecule has 0 amide bonds. The first-order chi connectivity index (χ1) is 15.2. The lowest BCUT2D eigenvalue weighted by molar-refractivity contribution is 0.296. The monoisotopic (exact) mass is 437 g/mol. The van der Waals surface area contributed by atoms with Crippen LogP contribution in [0.1, 0.15) is 67.1 Å². The normalized spacial score (nSPS) is 17.3.